The van der Waals surface area contributed by atoms with Gasteiger partial charge in [0.05, 0.1) is 25.1 Å². The number of amides is 2. The van der Waals surface area contributed by atoms with Crippen molar-refractivity contribution in [1.29, 1.82) is 0 Å². The minimum Gasteiger partial charge on any atom is -0.378 e. The van der Waals surface area contributed by atoms with Gasteiger partial charge in [0.1, 0.15) is 11.7 Å². The predicted octanol–water partition coefficient (Wildman–Crippen LogP) is 2.10. The summed E-state index contributed by atoms with van der Waals surface area (Å²) in [4.78, 5) is 27.3. The summed E-state index contributed by atoms with van der Waals surface area (Å²) in [5.74, 6) is -0.906. The molecule has 2 amide bonds. The number of aryl methyl sites for hydroxylation is 2. The lowest BCUT2D eigenvalue weighted by atomic mass is 10.2. The van der Waals surface area contributed by atoms with E-state index in [2.05, 4.69) is 15.5 Å². The van der Waals surface area contributed by atoms with Gasteiger partial charge >= 0.3 is 6.18 Å². The largest absolute Gasteiger partial charge is 0.435 e. The van der Waals surface area contributed by atoms with Crippen LogP contribution in [0.1, 0.15) is 41.8 Å². The number of carbonyl (C=O) groups excluding carboxylic acids is 2. The fourth-order valence-corrected chi connectivity index (χ4v) is 3.23. The van der Waals surface area contributed by atoms with E-state index >= 15 is 0 Å². The molecule has 1 aliphatic rings. The van der Waals surface area contributed by atoms with Crippen molar-refractivity contribution in [2.75, 3.05) is 31.6 Å². The molecule has 1 aliphatic heterocycles. The number of hydrogen-bond donors (Lipinski definition) is 1. The Morgan fingerprint density at radius 2 is 1.97 bits per heavy atom. The Kier molecular flexibility index (Phi) is 6.15. The number of morpholine rings is 1. The van der Waals surface area contributed by atoms with Crippen LogP contribution in [-0.4, -0.2) is 62.6 Å². The SMILES string of the molecule is CCn1ncc(NC(=O)C(C)n2nc(C(F)(F)F)cc2C)c1C(=O)N1CCOCC1. The molecule has 2 aromatic heterocycles. The van der Waals surface area contributed by atoms with E-state index in [9.17, 15) is 22.8 Å². The monoisotopic (exact) mass is 428 g/mol. The maximum absolute atomic E-state index is 13.0. The molecule has 1 unspecified atom stereocenters. The van der Waals surface area contributed by atoms with Crippen LogP contribution >= 0.6 is 0 Å². The van der Waals surface area contributed by atoms with Gasteiger partial charge in [0.15, 0.2) is 5.69 Å². The van der Waals surface area contributed by atoms with E-state index < -0.39 is 23.8 Å². The van der Waals surface area contributed by atoms with Gasteiger partial charge < -0.3 is 15.0 Å². The fourth-order valence-electron chi connectivity index (χ4n) is 3.23. The molecule has 1 N–H and O–H groups in total. The van der Waals surface area contributed by atoms with Crippen LogP contribution in [0.3, 0.4) is 0 Å². The number of aromatic nitrogens is 4. The first-order valence-electron chi connectivity index (χ1n) is 9.50. The van der Waals surface area contributed by atoms with E-state index in [4.69, 9.17) is 4.74 Å². The number of hydrogen-bond acceptors (Lipinski definition) is 5. The van der Waals surface area contributed by atoms with Gasteiger partial charge in [-0.3, -0.25) is 19.0 Å². The van der Waals surface area contributed by atoms with Gasteiger partial charge in [0, 0.05) is 25.3 Å². The second-order valence-corrected chi connectivity index (χ2v) is 6.91. The second-order valence-electron chi connectivity index (χ2n) is 6.91. The molecular formula is C18H23F3N6O3. The smallest absolute Gasteiger partial charge is 0.378 e. The summed E-state index contributed by atoms with van der Waals surface area (Å²) < 4.78 is 46.5. The zero-order chi connectivity index (χ0) is 22.1. The van der Waals surface area contributed by atoms with Crippen LogP contribution in [0.2, 0.25) is 0 Å². The van der Waals surface area contributed by atoms with Crippen LogP contribution < -0.4 is 5.32 Å². The number of nitrogens with one attached hydrogen (secondary N) is 1. The van der Waals surface area contributed by atoms with Crippen LogP contribution in [0.25, 0.3) is 0 Å². The predicted molar refractivity (Wildman–Crippen MR) is 99.9 cm³/mol. The van der Waals surface area contributed by atoms with E-state index in [-0.39, 0.29) is 23.0 Å². The summed E-state index contributed by atoms with van der Waals surface area (Å²) in [7, 11) is 0. The Hall–Kier alpha value is -2.89. The third-order valence-corrected chi connectivity index (χ3v) is 4.86. The van der Waals surface area contributed by atoms with Gasteiger partial charge in [0.2, 0.25) is 5.91 Å². The standard InChI is InChI=1S/C18H23F3N6O3/c1-4-26-15(17(29)25-5-7-30-8-6-25)13(10-22-26)23-16(28)12(3)27-11(2)9-14(24-27)18(19,20)21/h9-10,12H,4-8H2,1-3H3,(H,23,28). The normalized spacial score (nSPS) is 15.9. The van der Waals surface area contributed by atoms with Crippen molar-refractivity contribution in [1.82, 2.24) is 24.5 Å². The highest BCUT2D eigenvalue weighted by molar-refractivity contribution is 6.03. The number of halogens is 3. The van der Waals surface area contributed by atoms with Crippen molar-refractivity contribution < 1.29 is 27.5 Å². The summed E-state index contributed by atoms with van der Waals surface area (Å²) in [6, 6.07) is -0.149. The van der Waals surface area contributed by atoms with Gasteiger partial charge in [-0.2, -0.15) is 23.4 Å². The van der Waals surface area contributed by atoms with Gasteiger partial charge in [-0.05, 0) is 26.8 Å². The highest BCUT2D eigenvalue weighted by Gasteiger charge is 2.35. The Balaban J connectivity index is 1.82. The molecule has 0 saturated carbocycles. The zero-order valence-corrected chi connectivity index (χ0v) is 16.9. The first-order valence-corrected chi connectivity index (χ1v) is 9.50. The second kappa shape index (κ2) is 8.46. The number of alkyl halides is 3. The average Bonchev–Trinajstić information content (AvgIpc) is 3.30. The molecule has 0 bridgehead atoms. The summed E-state index contributed by atoms with van der Waals surface area (Å²) in [6.45, 7) is 6.77. The number of anilines is 1. The third-order valence-electron chi connectivity index (χ3n) is 4.86. The summed E-state index contributed by atoms with van der Waals surface area (Å²) >= 11 is 0. The van der Waals surface area contributed by atoms with Crippen molar-refractivity contribution >= 4 is 17.5 Å². The van der Waals surface area contributed by atoms with Gasteiger partial charge in [-0.15, -0.1) is 0 Å². The lowest BCUT2D eigenvalue weighted by molar-refractivity contribution is -0.141. The molecule has 9 nitrogen and oxygen atoms in total. The first kappa shape index (κ1) is 21.8. The summed E-state index contributed by atoms with van der Waals surface area (Å²) in [5, 5.41) is 10.3. The fraction of sp³-hybridized carbons (Fsp3) is 0.556. The lowest BCUT2D eigenvalue weighted by Crippen LogP contribution is -2.42. The Labute approximate surface area is 170 Å². The molecule has 2 aromatic rings. The highest BCUT2D eigenvalue weighted by Crippen LogP contribution is 2.29. The topological polar surface area (TPSA) is 94.3 Å². The molecule has 0 spiro atoms. The van der Waals surface area contributed by atoms with Crippen molar-refractivity contribution in [2.24, 2.45) is 0 Å². The molecular weight excluding hydrogens is 405 g/mol. The van der Waals surface area contributed by atoms with Crippen LogP contribution in [0.4, 0.5) is 18.9 Å². The van der Waals surface area contributed by atoms with E-state index in [1.54, 1.807) is 4.90 Å². The number of rotatable bonds is 5. The van der Waals surface area contributed by atoms with Gasteiger partial charge in [-0.1, -0.05) is 0 Å². The number of ether oxygens (including phenoxy) is 1. The third kappa shape index (κ3) is 4.32. The van der Waals surface area contributed by atoms with Crippen molar-refractivity contribution in [3.63, 3.8) is 0 Å². The van der Waals surface area contributed by atoms with E-state index in [1.807, 2.05) is 6.92 Å². The van der Waals surface area contributed by atoms with Gasteiger partial charge in [0.25, 0.3) is 5.91 Å². The highest BCUT2D eigenvalue weighted by atomic mass is 19.4. The molecule has 164 valence electrons. The molecule has 0 aliphatic carbocycles. The van der Waals surface area contributed by atoms with E-state index in [1.165, 1.54) is 24.7 Å². The Morgan fingerprint density at radius 3 is 2.53 bits per heavy atom. The molecule has 0 aromatic carbocycles. The first-order chi connectivity index (χ1) is 14.1. The quantitative estimate of drug-likeness (QED) is 0.787. The van der Waals surface area contributed by atoms with Crippen molar-refractivity contribution in [3.8, 4) is 0 Å². The molecule has 1 saturated heterocycles. The maximum atomic E-state index is 13.0. The molecule has 12 heteroatoms. The molecule has 30 heavy (non-hydrogen) atoms. The molecule has 1 atom stereocenters. The lowest BCUT2D eigenvalue weighted by Gasteiger charge is -2.27. The van der Waals surface area contributed by atoms with Gasteiger partial charge in [-0.25, -0.2) is 0 Å². The molecule has 3 rings (SSSR count). The molecule has 3 heterocycles. The molecule has 0 radical (unpaired) electrons. The Bertz CT molecular complexity index is 930. The van der Waals surface area contributed by atoms with Crippen LogP contribution in [0, 0.1) is 6.92 Å². The Morgan fingerprint density at radius 1 is 1.30 bits per heavy atom. The van der Waals surface area contributed by atoms with Crippen LogP contribution in [-0.2, 0) is 22.3 Å². The maximum Gasteiger partial charge on any atom is 0.435 e. The number of carbonyl (C=O) groups is 2. The van der Waals surface area contributed by atoms with Crippen molar-refractivity contribution in [3.05, 3.63) is 29.3 Å². The molecule has 1 fully saturated rings. The van der Waals surface area contributed by atoms with E-state index in [0.29, 0.717) is 32.8 Å². The van der Waals surface area contributed by atoms with Crippen LogP contribution in [0.15, 0.2) is 12.3 Å². The minimum absolute atomic E-state index is 0.193. The van der Waals surface area contributed by atoms with Crippen LogP contribution in [0.5, 0.6) is 0 Å². The summed E-state index contributed by atoms with van der Waals surface area (Å²) in [5.41, 5.74) is -0.459. The van der Waals surface area contributed by atoms with E-state index in [0.717, 1.165) is 10.7 Å². The zero-order valence-electron chi connectivity index (χ0n) is 16.9. The average molecular weight is 428 g/mol. The summed E-state index contributed by atoms with van der Waals surface area (Å²) in [6.07, 6.45) is -3.24. The van der Waals surface area contributed by atoms with Crippen molar-refractivity contribution in [2.45, 2.75) is 39.5 Å². The number of nitrogens with zero attached hydrogens (tertiary/aromatic N) is 5. The minimum atomic E-state index is -4.60.